The van der Waals surface area contributed by atoms with E-state index in [1.807, 2.05) is 41.1 Å². The van der Waals surface area contributed by atoms with Crippen LogP contribution in [0.1, 0.15) is 15.3 Å². The van der Waals surface area contributed by atoms with E-state index in [2.05, 4.69) is 0 Å². The summed E-state index contributed by atoms with van der Waals surface area (Å²) in [5, 5.41) is 3.85. The molecule has 0 saturated carbocycles. The predicted octanol–water partition coefficient (Wildman–Crippen LogP) is 5.24. The number of esters is 1. The van der Waals surface area contributed by atoms with Crippen molar-refractivity contribution in [3.05, 3.63) is 74.4 Å². The van der Waals surface area contributed by atoms with Gasteiger partial charge in [0, 0.05) is 9.75 Å². The topological polar surface area (TPSA) is 35.5 Å². The van der Waals surface area contributed by atoms with Gasteiger partial charge in [-0.25, -0.2) is 9.18 Å². The largest absolute Gasteiger partial charge is 0.494 e. The van der Waals surface area contributed by atoms with Gasteiger partial charge in [-0.2, -0.15) is 0 Å². The van der Waals surface area contributed by atoms with Crippen LogP contribution in [-0.4, -0.2) is 13.1 Å². The summed E-state index contributed by atoms with van der Waals surface area (Å²) in [4.78, 5) is 14.4. The van der Waals surface area contributed by atoms with Crippen molar-refractivity contribution >= 4 is 40.3 Å². The van der Waals surface area contributed by atoms with Crippen LogP contribution in [0.3, 0.4) is 0 Å². The first-order valence-electron chi connectivity index (χ1n) is 7.46. The number of carbonyl (C=O) groups is 1. The Morgan fingerprint density at radius 2 is 1.96 bits per heavy atom. The number of hydrogen-bond donors (Lipinski definition) is 0. The van der Waals surface area contributed by atoms with Crippen LogP contribution in [0.2, 0.25) is 0 Å². The van der Waals surface area contributed by atoms with Crippen molar-refractivity contribution in [2.45, 2.75) is 6.61 Å². The second-order valence-corrected chi connectivity index (χ2v) is 7.02. The number of thiophene rings is 2. The van der Waals surface area contributed by atoms with Crippen LogP contribution in [0.4, 0.5) is 4.39 Å². The molecule has 0 amide bonds. The lowest BCUT2D eigenvalue weighted by atomic mass is 10.2. The molecule has 0 aliphatic rings. The molecule has 25 heavy (non-hydrogen) atoms. The summed E-state index contributed by atoms with van der Waals surface area (Å²) in [5.74, 6) is -0.761. The van der Waals surface area contributed by atoms with E-state index in [1.54, 1.807) is 17.4 Å². The highest BCUT2D eigenvalue weighted by atomic mass is 32.1. The third-order valence-corrected chi connectivity index (χ3v) is 5.14. The summed E-state index contributed by atoms with van der Waals surface area (Å²) in [6.45, 7) is -0.00704. The minimum absolute atomic E-state index is 0.00704. The lowest BCUT2D eigenvalue weighted by Gasteiger charge is -2.08. The molecule has 0 aliphatic carbocycles. The Balaban J connectivity index is 1.76. The Hall–Kier alpha value is -2.44. The van der Waals surface area contributed by atoms with Crippen molar-refractivity contribution in [1.82, 2.24) is 0 Å². The van der Waals surface area contributed by atoms with Crippen molar-refractivity contribution in [3.63, 3.8) is 0 Å². The SMILES string of the molecule is COc1ccc(COC(=O)C(=Cc2cccs2)c2cccs2)cc1F. The zero-order valence-corrected chi connectivity index (χ0v) is 15.0. The Morgan fingerprint density at radius 1 is 1.16 bits per heavy atom. The van der Waals surface area contributed by atoms with E-state index in [-0.39, 0.29) is 12.4 Å². The van der Waals surface area contributed by atoms with Crippen molar-refractivity contribution in [1.29, 1.82) is 0 Å². The van der Waals surface area contributed by atoms with Crippen LogP contribution >= 0.6 is 22.7 Å². The summed E-state index contributed by atoms with van der Waals surface area (Å²) >= 11 is 3.01. The minimum atomic E-state index is -0.483. The fourth-order valence-corrected chi connectivity index (χ4v) is 3.59. The van der Waals surface area contributed by atoms with Gasteiger partial charge in [-0.15, -0.1) is 22.7 Å². The van der Waals surface area contributed by atoms with Crippen molar-refractivity contribution in [2.24, 2.45) is 0 Å². The van der Waals surface area contributed by atoms with Crippen LogP contribution < -0.4 is 4.74 Å². The third kappa shape index (κ3) is 4.35. The molecule has 0 aliphatic heterocycles. The predicted molar refractivity (Wildman–Crippen MR) is 99.3 cm³/mol. The smallest absolute Gasteiger partial charge is 0.339 e. The molecule has 3 rings (SSSR count). The number of hydrogen-bond acceptors (Lipinski definition) is 5. The fraction of sp³-hybridized carbons (Fsp3) is 0.105. The zero-order chi connectivity index (χ0) is 17.6. The van der Waals surface area contributed by atoms with E-state index in [4.69, 9.17) is 9.47 Å². The van der Waals surface area contributed by atoms with E-state index in [1.165, 1.54) is 30.6 Å². The molecule has 1 aromatic carbocycles. The highest BCUT2D eigenvalue weighted by Crippen LogP contribution is 2.26. The van der Waals surface area contributed by atoms with Gasteiger partial charge >= 0.3 is 5.97 Å². The van der Waals surface area contributed by atoms with Crippen LogP contribution in [-0.2, 0) is 16.1 Å². The summed E-state index contributed by atoms with van der Waals surface area (Å²) in [6.07, 6.45) is 1.81. The zero-order valence-electron chi connectivity index (χ0n) is 13.4. The van der Waals surface area contributed by atoms with E-state index < -0.39 is 11.8 Å². The van der Waals surface area contributed by atoms with Gasteiger partial charge in [0.2, 0.25) is 0 Å². The quantitative estimate of drug-likeness (QED) is 0.437. The molecule has 2 heterocycles. The highest BCUT2D eigenvalue weighted by molar-refractivity contribution is 7.12. The lowest BCUT2D eigenvalue weighted by Crippen LogP contribution is -2.06. The van der Waals surface area contributed by atoms with Gasteiger partial charge in [-0.05, 0) is 46.7 Å². The molecular weight excluding hydrogens is 359 g/mol. The number of methoxy groups -OCH3 is 1. The van der Waals surface area contributed by atoms with E-state index in [0.29, 0.717) is 11.1 Å². The molecule has 128 valence electrons. The first kappa shape index (κ1) is 17.4. The lowest BCUT2D eigenvalue weighted by molar-refractivity contribution is -0.137. The summed E-state index contributed by atoms with van der Waals surface area (Å²) < 4.78 is 24.0. The number of halogens is 1. The van der Waals surface area contributed by atoms with Crippen LogP contribution in [0.15, 0.2) is 53.2 Å². The molecule has 3 nitrogen and oxygen atoms in total. The molecule has 0 N–H and O–H groups in total. The first-order valence-corrected chi connectivity index (χ1v) is 9.22. The van der Waals surface area contributed by atoms with Crippen LogP contribution in [0.5, 0.6) is 5.75 Å². The van der Waals surface area contributed by atoms with Crippen LogP contribution in [0, 0.1) is 5.82 Å². The summed E-state index contributed by atoms with van der Waals surface area (Å²) in [6, 6.07) is 12.1. The average Bonchev–Trinajstić information content (AvgIpc) is 3.31. The second kappa shape index (κ2) is 8.09. The number of benzene rings is 1. The average molecular weight is 374 g/mol. The molecular formula is C19H15FO3S2. The maximum absolute atomic E-state index is 13.7. The molecule has 0 unspecified atom stereocenters. The molecule has 2 aromatic heterocycles. The molecule has 0 atom stereocenters. The van der Waals surface area contributed by atoms with E-state index in [0.717, 1.165) is 9.75 Å². The second-order valence-electron chi connectivity index (χ2n) is 5.10. The Labute approximate surface area is 153 Å². The van der Waals surface area contributed by atoms with Crippen molar-refractivity contribution in [3.8, 4) is 5.75 Å². The van der Waals surface area contributed by atoms with Gasteiger partial charge in [-0.3, -0.25) is 0 Å². The first-order chi connectivity index (χ1) is 12.2. The normalized spacial score (nSPS) is 11.4. The maximum Gasteiger partial charge on any atom is 0.339 e. The number of rotatable bonds is 6. The number of ether oxygens (including phenoxy) is 2. The molecule has 0 spiro atoms. The molecule has 3 aromatic rings. The molecule has 0 radical (unpaired) electrons. The van der Waals surface area contributed by atoms with Gasteiger partial charge < -0.3 is 9.47 Å². The minimum Gasteiger partial charge on any atom is -0.494 e. The maximum atomic E-state index is 13.7. The Bertz CT molecular complexity index is 868. The van der Waals surface area contributed by atoms with Crippen molar-refractivity contribution in [2.75, 3.05) is 7.11 Å². The van der Waals surface area contributed by atoms with Gasteiger partial charge in [-0.1, -0.05) is 18.2 Å². The molecule has 6 heteroatoms. The van der Waals surface area contributed by atoms with Crippen LogP contribution in [0.25, 0.3) is 11.6 Å². The third-order valence-electron chi connectivity index (χ3n) is 3.42. The molecule has 0 bridgehead atoms. The van der Waals surface area contributed by atoms with Gasteiger partial charge in [0.25, 0.3) is 0 Å². The number of carbonyl (C=O) groups excluding carboxylic acids is 1. The molecule has 0 saturated heterocycles. The summed E-state index contributed by atoms with van der Waals surface area (Å²) in [5.41, 5.74) is 1.06. The van der Waals surface area contributed by atoms with Gasteiger partial charge in [0.15, 0.2) is 11.6 Å². The highest BCUT2D eigenvalue weighted by Gasteiger charge is 2.16. The summed E-state index contributed by atoms with van der Waals surface area (Å²) in [7, 11) is 1.40. The molecule has 0 fully saturated rings. The van der Waals surface area contributed by atoms with E-state index >= 15 is 0 Å². The van der Waals surface area contributed by atoms with Gasteiger partial charge in [0.05, 0.1) is 12.7 Å². The Morgan fingerprint density at radius 3 is 2.60 bits per heavy atom. The Kier molecular flexibility index (Phi) is 5.63. The van der Waals surface area contributed by atoms with E-state index in [9.17, 15) is 9.18 Å². The van der Waals surface area contributed by atoms with Crippen molar-refractivity contribution < 1.29 is 18.7 Å². The monoisotopic (exact) mass is 374 g/mol. The van der Waals surface area contributed by atoms with Gasteiger partial charge in [0.1, 0.15) is 6.61 Å². The standard InChI is InChI=1S/C19H15FO3S2/c1-22-17-7-6-13(10-16(17)20)12-23-19(21)15(18-5-3-9-25-18)11-14-4-2-8-24-14/h2-11H,12H2,1H3. The fourth-order valence-electron chi connectivity index (χ4n) is 2.20.